The van der Waals surface area contributed by atoms with E-state index in [0.29, 0.717) is 24.4 Å². The van der Waals surface area contributed by atoms with E-state index < -0.39 is 0 Å². The van der Waals surface area contributed by atoms with E-state index in [0.717, 1.165) is 33.9 Å². The van der Waals surface area contributed by atoms with Crippen molar-refractivity contribution in [2.75, 3.05) is 18.0 Å². The number of nitrogens with zero attached hydrogens (tertiary/aromatic N) is 9. The highest BCUT2D eigenvalue weighted by molar-refractivity contribution is 5.80. The van der Waals surface area contributed by atoms with Crippen LogP contribution in [0.2, 0.25) is 0 Å². The van der Waals surface area contributed by atoms with Crippen LogP contribution in [0.3, 0.4) is 0 Å². The quantitative estimate of drug-likeness (QED) is 0.363. The van der Waals surface area contributed by atoms with Crippen molar-refractivity contribution in [3.05, 3.63) is 97.2 Å². The Kier molecular flexibility index (Phi) is 5.86. The lowest BCUT2D eigenvalue weighted by atomic mass is 10.1. The fourth-order valence-electron chi connectivity index (χ4n) is 4.53. The molecule has 0 atom stereocenters. The summed E-state index contributed by atoms with van der Waals surface area (Å²) >= 11 is 0. The van der Waals surface area contributed by atoms with Gasteiger partial charge in [-0.15, -0.1) is 0 Å². The van der Waals surface area contributed by atoms with Gasteiger partial charge in [0.15, 0.2) is 0 Å². The average Bonchev–Trinajstić information content (AvgIpc) is 3.59. The Morgan fingerprint density at radius 3 is 2.58 bits per heavy atom. The Morgan fingerprint density at radius 2 is 1.89 bits per heavy atom. The average molecular weight is 502 g/mol. The molecule has 10 heteroatoms. The lowest BCUT2D eigenvalue weighted by molar-refractivity contribution is -0.128. The molecule has 0 unspecified atom stereocenters. The molecule has 0 fully saturated rings. The number of nitriles is 1. The SMILES string of the molecule is Cn1cc(-c2cc(-c3ccc(N4C=CN(C(=O)Cc5ccccn5)CC4)nc3)n3c(C#N)cnc3c2)cn1. The fourth-order valence-corrected chi connectivity index (χ4v) is 4.53. The highest BCUT2D eigenvalue weighted by Gasteiger charge is 2.19. The van der Waals surface area contributed by atoms with Crippen molar-refractivity contribution in [1.29, 1.82) is 5.26 Å². The number of fused-ring (bicyclic) bond motifs is 1. The summed E-state index contributed by atoms with van der Waals surface area (Å²) in [6.07, 6.45) is 12.7. The van der Waals surface area contributed by atoms with Gasteiger partial charge < -0.3 is 9.80 Å². The van der Waals surface area contributed by atoms with Crippen LogP contribution in [0.15, 0.2) is 85.8 Å². The minimum atomic E-state index is 0.00838. The van der Waals surface area contributed by atoms with Crippen molar-refractivity contribution in [3.8, 4) is 28.5 Å². The third kappa shape index (κ3) is 4.37. The topological polar surface area (TPSA) is 108 Å². The third-order valence-electron chi connectivity index (χ3n) is 6.48. The van der Waals surface area contributed by atoms with Gasteiger partial charge in [-0.25, -0.2) is 9.97 Å². The van der Waals surface area contributed by atoms with Crippen molar-refractivity contribution in [2.24, 2.45) is 7.05 Å². The van der Waals surface area contributed by atoms with Gasteiger partial charge in [-0.2, -0.15) is 10.4 Å². The largest absolute Gasteiger partial charge is 0.330 e. The number of pyridine rings is 3. The summed E-state index contributed by atoms with van der Waals surface area (Å²) in [5, 5.41) is 13.9. The first-order chi connectivity index (χ1) is 18.6. The molecule has 186 valence electrons. The van der Waals surface area contributed by atoms with Crippen molar-refractivity contribution in [3.63, 3.8) is 0 Å². The summed E-state index contributed by atoms with van der Waals surface area (Å²) < 4.78 is 3.59. The molecular formula is C28H23N9O. The second-order valence-corrected chi connectivity index (χ2v) is 8.96. The molecule has 0 saturated carbocycles. The predicted octanol–water partition coefficient (Wildman–Crippen LogP) is 3.43. The van der Waals surface area contributed by atoms with E-state index in [1.807, 2.05) is 71.2 Å². The second kappa shape index (κ2) is 9.63. The second-order valence-electron chi connectivity index (χ2n) is 8.96. The molecule has 1 aliphatic rings. The number of carbonyl (C=O) groups excluding carboxylic acids is 1. The van der Waals surface area contributed by atoms with E-state index in [1.165, 1.54) is 0 Å². The molecule has 0 spiro atoms. The number of aryl methyl sites for hydroxylation is 1. The molecule has 0 aromatic carbocycles. The number of aromatic nitrogens is 6. The molecule has 6 rings (SSSR count). The number of imidazole rings is 1. The summed E-state index contributed by atoms with van der Waals surface area (Å²) in [6, 6.07) is 15.7. The minimum Gasteiger partial charge on any atom is -0.330 e. The Hall–Kier alpha value is -5.30. The maximum atomic E-state index is 12.6. The summed E-state index contributed by atoms with van der Waals surface area (Å²) in [7, 11) is 1.87. The maximum Gasteiger partial charge on any atom is 0.232 e. The number of carbonyl (C=O) groups is 1. The number of hydrogen-bond acceptors (Lipinski definition) is 7. The zero-order valence-corrected chi connectivity index (χ0v) is 20.6. The van der Waals surface area contributed by atoms with Crippen LogP contribution in [0.4, 0.5) is 5.82 Å². The molecule has 0 saturated heterocycles. The molecule has 10 nitrogen and oxygen atoms in total. The van der Waals surface area contributed by atoms with Crippen LogP contribution in [0.1, 0.15) is 11.4 Å². The van der Waals surface area contributed by atoms with E-state index in [1.54, 1.807) is 40.6 Å². The van der Waals surface area contributed by atoms with E-state index in [-0.39, 0.29) is 12.3 Å². The van der Waals surface area contributed by atoms with E-state index in [2.05, 4.69) is 21.1 Å². The smallest absolute Gasteiger partial charge is 0.232 e. The van der Waals surface area contributed by atoms with Gasteiger partial charge in [-0.1, -0.05) is 6.07 Å². The predicted molar refractivity (Wildman–Crippen MR) is 141 cm³/mol. The standard InChI is InChI=1S/C28H23N9O/c1-34-19-22(17-33-34)21-12-25(37-24(15-29)18-32-27(37)13-21)20-5-6-26(31-16-20)35-8-10-36(11-9-35)28(38)14-23-4-2-3-7-30-23/h2-8,10,12-13,16-19H,9,11,14H2,1H3. The van der Waals surface area contributed by atoms with Crippen LogP contribution < -0.4 is 4.90 Å². The van der Waals surface area contributed by atoms with Crippen LogP contribution in [0.25, 0.3) is 28.0 Å². The monoisotopic (exact) mass is 501 g/mol. The van der Waals surface area contributed by atoms with Crippen molar-refractivity contribution >= 4 is 17.4 Å². The zero-order chi connectivity index (χ0) is 26.1. The number of hydrogen-bond donors (Lipinski definition) is 0. The third-order valence-corrected chi connectivity index (χ3v) is 6.48. The number of rotatable bonds is 5. The molecular weight excluding hydrogens is 478 g/mol. The summed E-state index contributed by atoms with van der Waals surface area (Å²) in [4.78, 5) is 29.7. The molecule has 5 aromatic rings. The maximum absolute atomic E-state index is 12.6. The van der Waals surface area contributed by atoms with Crippen molar-refractivity contribution in [1.82, 2.24) is 34.0 Å². The first-order valence-electron chi connectivity index (χ1n) is 12.1. The molecule has 1 amide bonds. The van der Waals surface area contributed by atoms with E-state index in [4.69, 9.17) is 4.98 Å². The van der Waals surface area contributed by atoms with Crippen molar-refractivity contribution in [2.45, 2.75) is 6.42 Å². The van der Waals surface area contributed by atoms with Gasteiger partial charge in [-0.3, -0.25) is 18.9 Å². The Labute approximate surface area is 218 Å². The lowest BCUT2D eigenvalue weighted by Crippen LogP contribution is -2.39. The summed E-state index contributed by atoms with van der Waals surface area (Å²) in [5.74, 6) is 0.779. The van der Waals surface area contributed by atoms with Gasteiger partial charge in [0, 0.05) is 67.9 Å². The molecule has 0 radical (unpaired) electrons. The first kappa shape index (κ1) is 23.1. The highest BCUT2D eigenvalue weighted by Crippen LogP contribution is 2.30. The molecule has 5 aromatic heterocycles. The Bertz CT molecular complexity index is 1690. The van der Waals surface area contributed by atoms with Gasteiger partial charge >= 0.3 is 0 Å². The fraction of sp³-hybridized carbons (Fsp3) is 0.143. The Morgan fingerprint density at radius 1 is 0.974 bits per heavy atom. The number of anilines is 1. The van der Waals surface area contributed by atoms with Crippen molar-refractivity contribution < 1.29 is 4.79 Å². The normalized spacial score (nSPS) is 13.2. The van der Waals surface area contributed by atoms with Crippen LogP contribution >= 0.6 is 0 Å². The highest BCUT2D eigenvalue weighted by atomic mass is 16.2. The zero-order valence-electron chi connectivity index (χ0n) is 20.6. The molecule has 0 N–H and O–H groups in total. The Balaban J connectivity index is 1.25. The van der Waals surface area contributed by atoms with Crippen LogP contribution in [0.5, 0.6) is 0 Å². The van der Waals surface area contributed by atoms with Gasteiger partial charge in [0.05, 0.1) is 24.5 Å². The minimum absolute atomic E-state index is 0.00838. The first-order valence-corrected chi connectivity index (χ1v) is 12.1. The van der Waals surface area contributed by atoms with Crippen LogP contribution in [0, 0.1) is 11.3 Å². The van der Waals surface area contributed by atoms with E-state index >= 15 is 0 Å². The lowest BCUT2D eigenvalue weighted by Gasteiger charge is -2.29. The summed E-state index contributed by atoms with van der Waals surface area (Å²) in [5.41, 5.74) is 5.46. The van der Waals surface area contributed by atoms with E-state index in [9.17, 15) is 10.1 Å². The molecule has 1 aliphatic heterocycles. The van der Waals surface area contributed by atoms with Gasteiger partial charge in [0.1, 0.15) is 23.2 Å². The van der Waals surface area contributed by atoms with Gasteiger partial charge in [0.2, 0.25) is 5.91 Å². The molecule has 6 heterocycles. The van der Waals surface area contributed by atoms with Gasteiger partial charge in [0.25, 0.3) is 0 Å². The molecule has 0 bridgehead atoms. The number of amides is 1. The summed E-state index contributed by atoms with van der Waals surface area (Å²) in [6.45, 7) is 1.18. The van der Waals surface area contributed by atoms with Crippen LogP contribution in [-0.4, -0.2) is 53.0 Å². The molecule has 38 heavy (non-hydrogen) atoms. The molecule has 0 aliphatic carbocycles. The van der Waals surface area contributed by atoms with Crippen LogP contribution in [-0.2, 0) is 18.3 Å². The van der Waals surface area contributed by atoms with Gasteiger partial charge in [-0.05, 0) is 42.0 Å².